The summed E-state index contributed by atoms with van der Waals surface area (Å²) < 4.78 is 5.54. The largest absolute Gasteiger partial charge is 0.494 e. The first-order chi connectivity index (χ1) is 12.5. The molecule has 2 N–H and O–H groups in total. The molecule has 0 bridgehead atoms. The second kappa shape index (κ2) is 9.16. The van der Waals surface area contributed by atoms with Crippen LogP contribution in [0.3, 0.4) is 0 Å². The van der Waals surface area contributed by atoms with Crippen LogP contribution in [0.25, 0.3) is 0 Å². The van der Waals surface area contributed by atoms with Crippen molar-refractivity contribution in [1.82, 2.24) is 10.9 Å². The lowest BCUT2D eigenvalue weighted by atomic mass is 10.2. The number of nitro groups is 1. The summed E-state index contributed by atoms with van der Waals surface area (Å²) in [7, 11) is 0. The van der Waals surface area contributed by atoms with Gasteiger partial charge in [0, 0.05) is 24.1 Å². The molecule has 2 amide bonds. The summed E-state index contributed by atoms with van der Waals surface area (Å²) in [6.07, 6.45) is 0.680. The van der Waals surface area contributed by atoms with E-state index in [1.54, 1.807) is 0 Å². The maximum absolute atomic E-state index is 11.9. The Kier molecular flexibility index (Phi) is 6.67. The molecule has 0 heterocycles. The molecule has 136 valence electrons. The van der Waals surface area contributed by atoms with Crippen molar-refractivity contribution < 1.29 is 19.2 Å². The molecular formula is C18H19N3O5. The monoisotopic (exact) mass is 357 g/mol. The summed E-state index contributed by atoms with van der Waals surface area (Å²) in [6, 6.07) is 12.7. The number of nitro benzene ring substituents is 1. The number of rotatable bonds is 7. The van der Waals surface area contributed by atoms with Gasteiger partial charge in [-0.25, -0.2) is 0 Å². The van der Waals surface area contributed by atoms with Gasteiger partial charge in [-0.15, -0.1) is 0 Å². The highest BCUT2D eigenvalue weighted by atomic mass is 16.6. The Bertz CT molecular complexity index is 790. The lowest BCUT2D eigenvalue weighted by Crippen LogP contribution is -2.41. The fourth-order valence-electron chi connectivity index (χ4n) is 2.12. The number of nitrogens with zero attached hydrogens (tertiary/aromatic N) is 1. The van der Waals surface area contributed by atoms with Gasteiger partial charge in [0.1, 0.15) is 5.75 Å². The Balaban J connectivity index is 1.67. The molecular weight excluding hydrogens is 338 g/mol. The molecule has 0 atom stereocenters. The van der Waals surface area contributed by atoms with Crippen LogP contribution in [0.4, 0.5) is 5.69 Å². The van der Waals surface area contributed by atoms with Gasteiger partial charge >= 0.3 is 0 Å². The number of carbonyl (C=O) groups is 2. The quantitative estimate of drug-likeness (QED) is 0.449. The van der Waals surface area contributed by atoms with Gasteiger partial charge in [-0.2, -0.15) is 0 Å². The molecule has 0 aromatic heterocycles. The van der Waals surface area contributed by atoms with E-state index in [9.17, 15) is 19.7 Å². The molecule has 26 heavy (non-hydrogen) atoms. The average molecular weight is 357 g/mol. The zero-order valence-electron chi connectivity index (χ0n) is 14.2. The molecule has 8 nitrogen and oxygen atoms in total. The molecule has 0 saturated heterocycles. The van der Waals surface area contributed by atoms with Gasteiger partial charge in [0.2, 0.25) is 5.91 Å². The minimum absolute atomic E-state index is 0.112. The Morgan fingerprint density at radius 2 is 1.85 bits per heavy atom. The predicted molar refractivity (Wildman–Crippen MR) is 94.6 cm³/mol. The molecule has 8 heteroatoms. The highest BCUT2D eigenvalue weighted by Crippen LogP contribution is 2.13. The molecule has 0 radical (unpaired) electrons. The van der Waals surface area contributed by atoms with Gasteiger partial charge in [0.05, 0.1) is 11.5 Å². The van der Waals surface area contributed by atoms with E-state index in [-0.39, 0.29) is 23.6 Å². The highest BCUT2D eigenvalue weighted by molar-refractivity contribution is 5.95. The Labute approximate surface area is 150 Å². The Morgan fingerprint density at radius 1 is 1.12 bits per heavy atom. The number of non-ortho nitro benzene ring substituents is 1. The minimum atomic E-state index is -0.553. The summed E-state index contributed by atoms with van der Waals surface area (Å²) in [5, 5.41) is 10.6. The van der Waals surface area contributed by atoms with E-state index in [2.05, 4.69) is 10.9 Å². The number of ether oxygens (including phenoxy) is 1. The molecule has 0 aliphatic heterocycles. The van der Waals surface area contributed by atoms with E-state index in [0.717, 1.165) is 11.3 Å². The fourth-order valence-corrected chi connectivity index (χ4v) is 2.12. The third-order valence-electron chi connectivity index (χ3n) is 3.46. The molecule has 0 unspecified atom stereocenters. The number of hydrazine groups is 1. The second-order valence-corrected chi connectivity index (χ2v) is 5.57. The van der Waals surface area contributed by atoms with Crippen molar-refractivity contribution in [2.45, 2.75) is 19.8 Å². The maximum Gasteiger partial charge on any atom is 0.269 e. The van der Waals surface area contributed by atoms with Gasteiger partial charge < -0.3 is 4.74 Å². The van der Waals surface area contributed by atoms with E-state index in [4.69, 9.17) is 4.74 Å². The molecule has 0 aliphatic rings. The van der Waals surface area contributed by atoms with Crippen LogP contribution in [0.15, 0.2) is 48.5 Å². The van der Waals surface area contributed by atoms with Gasteiger partial charge in [-0.3, -0.25) is 30.6 Å². The maximum atomic E-state index is 11.9. The van der Waals surface area contributed by atoms with Gasteiger partial charge in [-0.05, 0) is 43.2 Å². The van der Waals surface area contributed by atoms with Crippen molar-refractivity contribution in [3.05, 3.63) is 69.8 Å². The summed E-state index contributed by atoms with van der Waals surface area (Å²) in [4.78, 5) is 33.6. The third-order valence-corrected chi connectivity index (χ3v) is 3.46. The second-order valence-electron chi connectivity index (χ2n) is 5.57. The van der Waals surface area contributed by atoms with Crippen molar-refractivity contribution in [1.29, 1.82) is 0 Å². The number of amides is 2. The number of hydrogen-bond donors (Lipinski definition) is 2. The zero-order chi connectivity index (χ0) is 18.9. The van der Waals surface area contributed by atoms with Crippen molar-refractivity contribution in [2.75, 3.05) is 6.61 Å². The number of nitrogens with one attached hydrogen (secondary N) is 2. The van der Waals surface area contributed by atoms with Gasteiger partial charge in [0.25, 0.3) is 11.6 Å². The fraction of sp³-hybridized carbons (Fsp3) is 0.222. The van der Waals surface area contributed by atoms with Crippen LogP contribution in [-0.4, -0.2) is 23.3 Å². The number of carbonyl (C=O) groups excluding carboxylic acids is 2. The van der Waals surface area contributed by atoms with Crippen LogP contribution in [0, 0.1) is 17.0 Å². The molecule has 2 rings (SSSR count). The Hall–Kier alpha value is -3.42. The van der Waals surface area contributed by atoms with Crippen LogP contribution >= 0.6 is 0 Å². The van der Waals surface area contributed by atoms with Crippen LogP contribution < -0.4 is 15.6 Å². The summed E-state index contributed by atoms with van der Waals surface area (Å²) in [6.45, 7) is 2.35. The summed E-state index contributed by atoms with van der Waals surface area (Å²) >= 11 is 0. The van der Waals surface area contributed by atoms with Crippen molar-refractivity contribution >= 4 is 17.5 Å². The topological polar surface area (TPSA) is 111 Å². The Morgan fingerprint density at radius 3 is 2.50 bits per heavy atom. The first kappa shape index (κ1) is 18.9. The minimum Gasteiger partial charge on any atom is -0.494 e. The molecule has 0 spiro atoms. The number of aryl methyl sites for hydroxylation is 1. The molecule has 0 fully saturated rings. The SMILES string of the molecule is Cc1cccc(OCCCC(=O)NNC(=O)c2ccc([N+](=O)[O-])cc2)c1. The normalized spacial score (nSPS) is 10.0. The van der Waals surface area contributed by atoms with E-state index in [1.165, 1.54) is 24.3 Å². The van der Waals surface area contributed by atoms with E-state index in [1.807, 2.05) is 31.2 Å². The van der Waals surface area contributed by atoms with Crippen molar-refractivity contribution in [3.8, 4) is 5.75 Å². The molecule has 2 aromatic rings. The first-order valence-corrected chi connectivity index (χ1v) is 7.99. The smallest absolute Gasteiger partial charge is 0.269 e. The standard InChI is InChI=1S/C18H19N3O5/c1-13-4-2-5-16(12-13)26-11-3-6-17(22)19-20-18(23)14-7-9-15(10-8-14)21(24)25/h2,4-5,7-10,12H,3,6,11H2,1H3,(H,19,22)(H,20,23). The van der Waals surface area contributed by atoms with Crippen LogP contribution in [0.5, 0.6) is 5.75 Å². The molecule has 2 aromatic carbocycles. The zero-order valence-corrected chi connectivity index (χ0v) is 14.2. The average Bonchev–Trinajstić information content (AvgIpc) is 2.63. The number of benzene rings is 2. The lowest BCUT2D eigenvalue weighted by Gasteiger charge is -2.08. The number of hydrogen-bond acceptors (Lipinski definition) is 5. The third kappa shape index (κ3) is 5.90. The van der Waals surface area contributed by atoms with Gasteiger partial charge in [-0.1, -0.05) is 12.1 Å². The van der Waals surface area contributed by atoms with Crippen molar-refractivity contribution in [3.63, 3.8) is 0 Å². The van der Waals surface area contributed by atoms with Crippen LogP contribution in [0.2, 0.25) is 0 Å². The summed E-state index contributed by atoms with van der Waals surface area (Å²) in [5.74, 6) is -0.158. The molecule has 0 saturated carbocycles. The highest BCUT2D eigenvalue weighted by Gasteiger charge is 2.10. The van der Waals surface area contributed by atoms with Gasteiger partial charge in [0.15, 0.2) is 0 Å². The van der Waals surface area contributed by atoms with Crippen LogP contribution in [0.1, 0.15) is 28.8 Å². The first-order valence-electron chi connectivity index (χ1n) is 7.99. The van der Waals surface area contributed by atoms with Crippen molar-refractivity contribution in [2.24, 2.45) is 0 Å². The summed E-state index contributed by atoms with van der Waals surface area (Å²) in [5.41, 5.74) is 5.75. The molecule has 0 aliphatic carbocycles. The van der Waals surface area contributed by atoms with E-state index < -0.39 is 10.8 Å². The predicted octanol–water partition coefficient (Wildman–Crippen LogP) is 2.52. The lowest BCUT2D eigenvalue weighted by molar-refractivity contribution is -0.384. The van der Waals surface area contributed by atoms with Crippen LogP contribution in [-0.2, 0) is 4.79 Å². The van der Waals surface area contributed by atoms with E-state index >= 15 is 0 Å². The van der Waals surface area contributed by atoms with E-state index in [0.29, 0.717) is 13.0 Å².